The number of hydrogen-bond acceptors (Lipinski definition) is 3. The maximum Gasteiger partial charge on any atom is 0.315 e. The molecule has 1 saturated carbocycles. The molecule has 1 aliphatic carbocycles. The van der Waals surface area contributed by atoms with Crippen molar-refractivity contribution >= 4 is 11.9 Å². The van der Waals surface area contributed by atoms with Crippen molar-refractivity contribution in [2.45, 2.75) is 57.5 Å². The van der Waals surface area contributed by atoms with Gasteiger partial charge in [0.25, 0.3) is 5.56 Å². The molecule has 24 heavy (non-hydrogen) atoms. The van der Waals surface area contributed by atoms with Crippen LogP contribution in [0.3, 0.4) is 0 Å². The predicted octanol–water partition coefficient (Wildman–Crippen LogP) is 1.03. The molecule has 0 saturated heterocycles. The van der Waals surface area contributed by atoms with Gasteiger partial charge in [-0.2, -0.15) is 0 Å². The standard InChI is InChI=1S/C17H26N4O3/c1-13-7-5-8-14(22)21(13)12-6-11-19-16(24)20-17(15(18)23)9-3-2-4-10-17/h5,7-8H,2-4,6,9-12H2,1H3,(H2,18,23)(H2,19,20,24). The molecule has 1 fully saturated rings. The van der Waals surface area contributed by atoms with Crippen LogP contribution in [0.2, 0.25) is 0 Å². The van der Waals surface area contributed by atoms with Gasteiger partial charge in [0.05, 0.1) is 0 Å². The van der Waals surface area contributed by atoms with Gasteiger partial charge in [-0.1, -0.05) is 25.3 Å². The summed E-state index contributed by atoms with van der Waals surface area (Å²) in [6.45, 7) is 2.83. The number of carbonyl (C=O) groups is 2. The number of nitrogens with one attached hydrogen (secondary N) is 2. The van der Waals surface area contributed by atoms with Gasteiger partial charge in [-0.3, -0.25) is 9.59 Å². The molecular formula is C17H26N4O3. The maximum absolute atomic E-state index is 12.1. The van der Waals surface area contributed by atoms with Crippen LogP contribution in [-0.4, -0.2) is 28.6 Å². The average Bonchev–Trinajstić information content (AvgIpc) is 2.54. The highest BCUT2D eigenvalue weighted by Crippen LogP contribution is 2.27. The van der Waals surface area contributed by atoms with Crippen molar-refractivity contribution in [1.29, 1.82) is 0 Å². The smallest absolute Gasteiger partial charge is 0.315 e. The summed E-state index contributed by atoms with van der Waals surface area (Å²) in [6.07, 6.45) is 4.65. The molecular weight excluding hydrogens is 308 g/mol. The number of aromatic nitrogens is 1. The Kier molecular flexibility index (Phi) is 6.00. The Morgan fingerprint density at radius 1 is 1.25 bits per heavy atom. The Hall–Kier alpha value is -2.31. The number of rotatable bonds is 6. The molecule has 0 aromatic carbocycles. The molecule has 2 rings (SSSR count). The highest BCUT2D eigenvalue weighted by Gasteiger charge is 2.39. The lowest BCUT2D eigenvalue weighted by atomic mass is 9.81. The van der Waals surface area contributed by atoms with E-state index < -0.39 is 11.4 Å². The van der Waals surface area contributed by atoms with E-state index in [0.29, 0.717) is 32.4 Å². The summed E-state index contributed by atoms with van der Waals surface area (Å²) in [7, 11) is 0. The zero-order valence-corrected chi connectivity index (χ0v) is 14.1. The third-order valence-electron chi connectivity index (χ3n) is 4.64. The molecule has 0 radical (unpaired) electrons. The van der Waals surface area contributed by atoms with E-state index in [9.17, 15) is 14.4 Å². The van der Waals surface area contributed by atoms with Crippen LogP contribution in [0.1, 0.15) is 44.2 Å². The summed E-state index contributed by atoms with van der Waals surface area (Å²) < 4.78 is 1.67. The molecule has 132 valence electrons. The quantitative estimate of drug-likeness (QED) is 0.677. The predicted molar refractivity (Wildman–Crippen MR) is 91.6 cm³/mol. The van der Waals surface area contributed by atoms with E-state index in [1.54, 1.807) is 10.6 Å². The maximum atomic E-state index is 12.1. The first kappa shape index (κ1) is 18.0. The van der Waals surface area contributed by atoms with Gasteiger partial charge in [0.1, 0.15) is 5.54 Å². The van der Waals surface area contributed by atoms with Crippen molar-refractivity contribution in [3.05, 3.63) is 34.2 Å². The van der Waals surface area contributed by atoms with Gasteiger partial charge < -0.3 is 20.9 Å². The van der Waals surface area contributed by atoms with Crippen LogP contribution in [0.4, 0.5) is 4.79 Å². The minimum Gasteiger partial charge on any atom is -0.368 e. The number of primary amides is 1. The molecule has 7 heteroatoms. The second kappa shape index (κ2) is 7.99. The molecule has 0 spiro atoms. The fourth-order valence-corrected chi connectivity index (χ4v) is 3.20. The van der Waals surface area contributed by atoms with Gasteiger partial charge in [0, 0.05) is 24.8 Å². The lowest BCUT2D eigenvalue weighted by Crippen LogP contribution is -2.60. The third kappa shape index (κ3) is 4.37. The minimum atomic E-state index is -0.921. The SMILES string of the molecule is Cc1cccc(=O)n1CCCNC(=O)NC1(C(N)=O)CCCCC1. The Morgan fingerprint density at radius 2 is 1.96 bits per heavy atom. The van der Waals surface area contributed by atoms with Crippen LogP contribution in [0, 0.1) is 6.92 Å². The number of amides is 3. The van der Waals surface area contributed by atoms with Crippen LogP contribution in [-0.2, 0) is 11.3 Å². The topological polar surface area (TPSA) is 106 Å². The summed E-state index contributed by atoms with van der Waals surface area (Å²) in [6, 6.07) is 4.74. The van der Waals surface area contributed by atoms with Crippen LogP contribution in [0.25, 0.3) is 0 Å². The summed E-state index contributed by atoms with van der Waals surface area (Å²) >= 11 is 0. The molecule has 0 unspecified atom stereocenters. The van der Waals surface area contributed by atoms with Crippen molar-refractivity contribution in [3.63, 3.8) is 0 Å². The second-order valence-electron chi connectivity index (χ2n) is 6.40. The van der Waals surface area contributed by atoms with E-state index in [0.717, 1.165) is 25.0 Å². The third-order valence-corrected chi connectivity index (χ3v) is 4.64. The van der Waals surface area contributed by atoms with Gasteiger partial charge in [-0.15, -0.1) is 0 Å². The number of carbonyl (C=O) groups excluding carboxylic acids is 2. The fourth-order valence-electron chi connectivity index (χ4n) is 3.20. The van der Waals surface area contributed by atoms with E-state index in [2.05, 4.69) is 10.6 Å². The van der Waals surface area contributed by atoms with Gasteiger partial charge in [-0.25, -0.2) is 4.79 Å². The lowest BCUT2D eigenvalue weighted by molar-refractivity contribution is -0.125. The van der Waals surface area contributed by atoms with E-state index in [1.807, 2.05) is 13.0 Å². The van der Waals surface area contributed by atoms with Crippen molar-refractivity contribution in [3.8, 4) is 0 Å². The number of hydrogen-bond donors (Lipinski definition) is 3. The fraction of sp³-hybridized carbons (Fsp3) is 0.588. The van der Waals surface area contributed by atoms with Crippen molar-refractivity contribution in [2.75, 3.05) is 6.54 Å². The minimum absolute atomic E-state index is 0.0469. The summed E-state index contributed by atoms with van der Waals surface area (Å²) in [5.74, 6) is -0.469. The zero-order valence-electron chi connectivity index (χ0n) is 14.1. The van der Waals surface area contributed by atoms with E-state index in [4.69, 9.17) is 5.73 Å². The molecule has 0 aliphatic heterocycles. The Morgan fingerprint density at radius 3 is 2.58 bits per heavy atom. The Bertz CT molecular complexity index is 647. The molecule has 7 nitrogen and oxygen atoms in total. The van der Waals surface area contributed by atoms with Gasteiger partial charge in [-0.05, 0) is 32.3 Å². The van der Waals surface area contributed by atoms with E-state index in [-0.39, 0.29) is 11.6 Å². The number of nitrogens with two attached hydrogens (primary N) is 1. The van der Waals surface area contributed by atoms with Crippen LogP contribution in [0.15, 0.2) is 23.0 Å². The van der Waals surface area contributed by atoms with Gasteiger partial charge in [0.2, 0.25) is 5.91 Å². The first-order chi connectivity index (χ1) is 11.4. The van der Waals surface area contributed by atoms with Crippen molar-refractivity contribution < 1.29 is 9.59 Å². The molecule has 1 aromatic heterocycles. The Labute approximate surface area is 141 Å². The van der Waals surface area contributed by atoms with Crippen LogP contribution in [0.5, 0.6) is 0 Å². The molecule has 1 aromatic rings. The second-order valence-corrected chi connectivity index (χ2v) is 6.40. The molecule has 0 atom stereocenters. The summed E-state index contributed by atoms with van der Waals surface area (Å²) in [5, 5.41) is 5.51. The number of nitrogens with zero attached hydrogens (tertiary/aromatic N) is 1. The number of pyridine rings is 1. The van der Waals surface area contributed by atoms with Gasteiger partial charge in [0.15, 0.2) is 0 Å². The number of aryl methyl sites for hydroxylation is 1. The van der Waals surface area contributed by atoms with Crippen LogP contribution < -0.4 is 21.9 Å². The van der Waals surface area contributed by atoms with Crippen molar-refractivity contribution in [2.24, 2.45) is 5.73 Å². The average molecular weight is 334 g/mol. The first-order valence-electron chi connectivity index (χ1n) is 8.47. The highest BCUT2D eigenvalue weighted by atomic mass is 16.2. The monoisotopic (exact) mass is 334 g/mol. The van der Waals surface area contributed by atoms with E-state index >= 15 is 0 Å². The molecule has 4 N–H and O–H groups in total. The molecule has 1 aliphatic rings. The lowest BCUT2D eigenvalue weighted by Gasteiger charge is -2.35. The van der Waals surface area contributed by atoms with E-state index in [1.165, 1.54) is 6.07 Å². The highest BCUT2D eigenvalue weighted by molar-refractivity contribution is 5.90. The summed E-state index contributed by atoms with van der Waals surface area (Å²) in [4.78, 5) is 35.6. The van der Waals surface area contributed by atoms with Crippen molar-refractivity contribution in [1.82, 2.24) is 15.2 Å². The molecule has 0 bridgehead atoms. The first-order valence-corrected chi connectivity index (χ1v) is 8.47. The number of urea groups is 1. The summed E-state index contributed by atoms with van der Waals surface area (Å²) in [5.41, 5.74) is 5.42. The molecule has 3 amide bonds. The molecule has 1 heterocycles. The van der Waals surface area contributed by atoms with Crippen LogP contribution >= 0.6 is 0 Å². The van der Waals surface area contributed by atoms with Gasteiger partial charge >= 0.3 is 6.03 Å². The Balaban J connectivity index is 1.81. The normalized spacial score (nSPS) is 16.4. The zero-order chi connectivity index (χ0) is 17.6. The largest absolute Gasteiger partial charge is 0.368 e.